The Bertz CT molecular complexity index is 532. The highest BCUT2D eigenvalue weighted by molar-refractivity contribution is 6.31. The van der Waals surface area contributed by atoms with Crippen LogP contribution in [0.2, 0.25) is 5.02 Å². The lowest BCUT2D eigenvalue weighted by Crippen LogP contribution is -2.12. The molecule has 0 spiro atoms. The summed E-state index contributed by atoms with van der Waals surface area (Å²) in [5.74, 6) is 1.43. The maximum atomic E-state index is 6.16. The first-order chi connectivity index (χ1) is 8.59. The Morgan fingerprint density at radius 3 is 2.89 bits per heavy atom. The Hall–Kier alpha value is -1.48. The summed E-state index contributed by atoms with van der Waals surface area (Å²) in [5.41, 5.74) is 2.12. The molecule has 1 N–H and O–H groups in total. The molecule has 0 aliphatic rings. The van der Waals surface area contributed by atoms with Crippen LogP contribution in [0.3, 0.4) is 0 Å². The second kappa shape index (κ2) is 5.44. The fraction of sp³-hybridized carbons (Fsp3) is 0.357. The molecule has 0 fully saturated rings. The van der Waals surface area contributed by atoms with Crippen molar-refractivity contribution in [3.63, 3.8) is 0 Å². The molecular formula is C14H18ClN3. The van der Waals surface area contributed by atoms with Gasteiger partial charge in [-0.15, -0.1) is 0 Å². The minimum Gasteiger partial charge on any atom is -0.355 e. The molecule has 0 saturated carbocycles. The summed E-state index contributed by atoms with van der Waals surface area (Å²) in [7, 11) is 0. The van der Waals surface area contributed by atoms with E-state index < -0.39 is 0 Å². The zero-order valence-electron chi connectivity index (χ0n) is 10.9. The molecule has 0 radical (unpaired) electrons. The van der Waals surface area contributed by atoms with Crippen molar-refractivity contribution < 1.29 is 0 Å². The van der Waals surface area contributed by atoms with Gasteiger partial charge in [-0.25, -0.2) is 4.98 Å². The van der Waals surface area contributed by atoms with Gasteiger partial charge in [0.15, 0.2) is 0 Å². The number of nitrogens with one attached hydrogen (secondary N) is 1. The largest absolute Gasteiger partial charge is 0.355 e. The van der Waals surface area contributed by atoms with Crippen LogP contribution in [0.25, 0.3) is 5.69 Å². The molecule has 18 heavy (non-hydrogen) atoms. The summed E-state index contributed by atoms with van der Waals surface area (Å²) in [6.45, 7) is 7.26. The molecule has 3 nitrogen and oxygen atoms in total. The van der Waals surface area contributed by atoms with Crippen molar-refractivity contribution in [1.29, 1.82) is 0 Å². The number of hydrogen-bond donors (Lipinski definition) is 1. The molecule has 0 unspecified atom stereocenters. The van der Waals surface area contributed by atoms with Crippen LogP contribution in [-0.2, 0) is 0 Å². The predicted octanol–water partition coefficient (Wildman–Crippen LogP) is 3.90. The van der Waals surface area contributed by atoms with Crippen LogP contribution in [0, 0.1) is 12.8 Å². The molecule has 4 heteroatoms. The van der Waals surface area contributed by atoms with Gasteiger partial charge in [0.2, 0.25) is 5.95 Å². The molecule has 0 aliphatic heterocycles. The van der Waals surface area contributed by atoms with E-state index in [1.165, 1.54) is 0 Å². The molecule has 96 valence electrons. The summed E-state index contributed by atoms with van der Waals surface area (Å²) < 4.78 is 2.03. The van der Waals surface area contributed by atoms with Crippen LogP contribution in [0.1, 0.15) is 19.4 Å². The summed E-state index contributed by atoms with van der Waals surface area (Å²) >= 11 is 6.16. The number of aromatic nitrogens is 2. The first kappa shape index (κ1) is 13.0. The molecule has 2 aromatic rings. The number of rotatable bonds is 4. The molecule has 2 rings (SSSR count). The standard InChI is InChI=1S/C14H18ClN3/c1-10(2)9-17-14-16-7-8-18(14)13-6-4-5-12(15)11(13)3/h4-8,10H,9H2,1-3H3,(H,16,17). The predicted molar refractivity (Wildman–Crippen MR) is 76.6 cm³/mol. The van der Waals surface area contributed by atoms with E-state index in [0.717, 1.165) is 28.8 Å². The van der Waals surface area contributed by atoms with Gasteiger partial charge >= 0.3 is 0 Å². The smallest absolute Gasteiger partial charge is 0.207 e. The van der Waals surface area contributed by atoms with Crippen LogP contribution in [0.5, 0.6) is 0 Å². The minimum absolute atomic E-state index is 0.579. The van der Waals surface area contributed by atoms with Crippen LogP contribution in [0.4, 0.5) is 5.95 Å². The van der Waals surface area contributed by atoms with E-state index in [4.69, 9.17) is 11.6 Å². The summed E-state index contributed by atoms with van der Waals surface area (Å²) in [5, 5.41) is 4.12. The highest BCUT2D eigenvalue weighted by Gasteiger charge is 2.09. The molecule has 1 heterocycles. The molecule has 1 aromatic carbocycles. The molecule has 0 bridgehead atoms. The highest BCUT2D eigenvalue weighted by Crippen LogP contribution is 2.24. The molecule has 0 saturated heterocycles. The molecule has 1 aromatic heterocycles. The van der Waals surface area contributed by atoms with Gasteiger partial charge in [0.1, 0.15) is 0 Å². The van der Waals surface area contributed by atoms with Gasteiger partial charge in [-0.3, -0.25) is 4.57 Å². The van der Waals surface area contributed by atoms with E-state index in [9.17, 15) is 0 Å². The Kier molecular flexibility index (Phi) is 3.92. The minimum atomic E-state index is 0.579. The van der Waals surface area contributed by atoms with Crippen molar-refractivity contribution in [2.24, 2.45) is 5.92 Å². The summed E-state index contributed by atoms with van der Waals surface area (Å²) in [4.78, 5) is 4.34. The number of hydrogen-bond acceptors (Lipinski definition) is 2. The van der Waals surface area contributed by atoms with Crippen molar-refractivity contribution in [1.82, 2.24) is 9.55 Å². The fourth-order valence-corrected chi connectivity index (χ4v) is 1.95. The van der Waals surface area contributed by atoms with Gasteiger partial charge in [0.25, 0.3) is 0 Å². The van der Waals surface area contributed by atoms with Gasteiger partial charge < -0.3 is 5.32 Å². The number of nitrogens with zero attached hydrogens (tertiary/aromatic N) is 2. The number of anilines is 1. The van der Waals surface area contributed by atoms with Gasteiger partial charge in [-0.2, -0.15) is 0 Å². The lowest BCUT2D eigenvalue weighted by molar-refractivity contribution is 0.683. The van der Waals surface area contributed by atoms with Gasteiger partial charge in [0, 0.05) is 24.0 Å². The van der Waals surface area contributed by atoms with E-state index in [2.05, 4.69) is 24.1 Å². The van der Waals surface area contributed by atoms with Crippen molar-refractivity contribution in [2.75, 3.05) is 11.9 Å². The summed E-state index contributed by atoms with van der Waals surface area (Å²) in [6.07, 6.45) is 3.74. The third-order valence-corrected chi connectivity index (χ3v) is 3.22. The Balaban J connectivity index is 2.33. The quantitative estimate of drug-likeness (QED) is 0.907. The number of imidazole rings is 1. The maximum absolute atomic E-state index is 6.16. The Morgan fingerprint density at radius 1 is 1.39 bits per heavy atom. The van der Waals surface area contributed by atoms with Crippen LogP contribution in [0.15, 0.2) is 30.6 Å². The van der Waals surface area contributed by atoms with Crippen LogP contribution < -0.4 is 5.32 Å². The second-order valence-corrected chi connectivity index (χ2v) is 5.19. The molecule has 0 aliphatic carbocycles. The van der Waals surface area contributed by atoms with E-state index in [1.807, 2.05) is 35.9 Å². The van der Waals surface area contributed by atoms with Crippen LogP contribution in [-0.4, -0.2) is 16.1 Å². The SMILES string of the molecule is Cc1c(Cl)cccc1-n1ccnc1NCC(C)C. The number of halogens is 1. The first-order valence-corrected chi connectivity index (χ1v) is 6.50. The van der Waals surface area contributed by atoms with E-state index in [1.54, 1.807) is 6.20 Å². The summed E-state index contributed by atoms with van der Waals surface area (Å²) in [6, 6.07) is 5.90. The van der Waals surface area contributed by atoms with Gasteiger partial charge in [0.05, 0.1) is 5.69 Å². The fourth-order valence-electron chi connectivity index (χ4n) is 1.78. The van der Waals surface area contributed by atoms with Crippen LogP contribution >= 0.6 is 11.6 Å². The van der Waals surface area contributed by atoms with Crippen molar-refractivity contribution in [3.8, 4) is 5.69 Å². The zero-order valence-corrected chi connectivity index (χ0v) is 11.7. The van der Waals surface area contributed by atoms with E-state index >= 15 is 0 Å². The third kappa shape index (κ3) is 2.67. The third-order valence-electron chi connectivity index (χ3n) is 2.81. The molecule has 0 amide bonds. The average Bonchev–Trinajstić information content (AvgIpc) is 2.78. The zero-order chi connectivity index (χ0) is 13.1. The van der Waals surface area contributed by atoms with Crippen molar-refractivity contribution in [2.45, 2.75) is 20.8 Å². The Labute approximate surface area is 113 Å². The molecular weight excluding hydrogens is 246 g/mol. The number of benzene rings is 1. The van der Waals surface area contributed by atoms with Crippen molar-refractivity contribution >= 4 is 17.5 Å². The second-order valence-electron chi connectivity index (χ2n) is 4.78. The lowest BCUT2D eigenvalue weighted by Gasteiger charge is -2.13. The van der Waals surface area contributed by atoms with Gasteiger partial charge in [-0.1, -0.05) is 31.5 Å². The average molecular weight is 264 g/mol. The van der Waals surface area contributed by atoms with E-state index in [0.29, 0.717) is 5.92 Å². The maximum Gasteiger partial charge on any atom is 0.207 e. The monoisotopic (exact) mass is 263 g/mol. The normalized spacial score (nSPS) is 10.9. The van der Waals surface area contributed by atoms with Crippen molar-refractivity contribution in [3.05, 3.63) is 41.2 Å². The molecule has 0 atom stereocenters. The highest BCUT2D eigenvalue weighted by atomic mass is 35.5. The van der Waals surface area contributed by atoms with E-state index in [-0.39, 0.29) is 0 Å². The lowest BCUT2D eigenvalue weighted by atomic mass is 10.2. The Morgan fingerprint density at radius 2 is 2.17 bits per heavy atom. The first-order valence-electron chi connectivity index (χ1n) is 6.12. The topological polar surface area (TPSA) is 29.9 Å². The van der Waals surface area contributed by atoms with Gasteiger partial charge in [-0.05, 0) is 30.5 Å².